The Morgan fingerprint density at radius 1 is 1.00 bits per heavy atom. The average molecular weight is 248 g/mol. The Hall–Kier alpha value is -1.43. The fraction of sp³-hybridized carbons (Fsp3) is 0.769. The fourth-order valence-corrected chi connectivity index (χ4v) is 3.98. The lowest BCUT2D eigenvalue weighted by atomic mass is 9.64. The van der Waals surface area contributed by atoms with Crippen molar-refractivity contribution in [2.45, 2.75) is 13.8 Å². The van der Waals surface area contributed by atoms with Gasteiger partial charge in [0.15, 0.2) is 18.9 Å². The largest absolute Gasteiger partial charge is 0.321 e. The molecule has 0 spiro atoms. The molecule has 0 saturated carbocycles. The van der Waals surface area contributed by atoms with Gasteiger partial charge in [0.2, 0.25) is 0 Å². The topological polar surface area (TPSA) is 73.5 Å². The van der Waals surface area contributed by atoms with Crippen molar-refractivity contribution in [1.29, 1.82) is 10.5 Å². The first kappa shape index (κ1) is 13.0. The minimum Gasteiger partial charge on any atom is -0.321 e. The van der Waals surface area contributed by atoms with Crippen molar-refractivity contribution in [2.24, 2.45) is 10.8 Å². The van der Waals surface area contributed by atoms with Gasteiger partial charge in [-0.1, -0.05) is 0 Å². The molecule has 0 amide bonds. The standard InChI is InChI=1S/C13H18N4O/c1-12-7-16(5-3-14)9-13(2,11(12)18)10-17(8-12)6-4-15/h5-10H2,1-2H3/p+2. The van der Waals surface area contributed by atoms with Crippen LogP contribution in [0.25, 0.3) is 0 Å². The van der Waals surface area contributed by atoms with Crippen LogP contribution in [0.3, 0.4) is 0 Å². The molecule has 0 atom stereocenters. The second kappa shape index (κ2) is 4.35. The number of piperidine rings is 2. The van der Waals surface area contributed by atoms with Crippen molar-refractivity contribution in [3.05, 3.63) is 0 Å². The number of nitriles is 2. The maximum atomic E-state index is 12.6. The molecule has 0 unspecified atom stereocenters. The van der Waals surface area contributed by atoms with Crippen LogP contribution in [-0.2, 0) is 4.79 Å². The highest BCUT2D eigenvalue weighted by molar-refractivity contribution is 5.91. The minimum absolute atomic E-state index is 0.332. The Labute approximate surface area is 108 Å². The van der Waals surface area contributed by atoms with E-state index in [1.165, 1.54) is 9.80 Å². The number of carbonyl (C=O) groups is 1. The highest BCUT2D eigenvalue weighted by atomic mass is 16.1. The first-order valence-electron chi connectivity index (χ1n) is 6.39. The average Bonchev–Trinajstić information content (AvgIpc) is 2.24. The summed E-state index contributed by atoms with van der Waals surface area (Å²) in [5, 5.41) is 17.7. The van der Waals surface area contributed by atoms with Gasteiger partial charge in [0.05, 0.1) is 26.2 Å². The van der Waals surface area contributed by atoms with Gasteiger partial charge in [-0.3, -0.25) is 4.79 Å². The first-order valence-corrected chi connectivity index (χ1v) is 6.39. The van der Waals surface area contributed by atoms with Gasteiger partial charge in [-0.15, -0.1) is 0 Å². The number of fused-ring (bicyclic) bond motifs is 2. The van der Waals surface area contributed by atoms with Crippen LogP contribution in [0.5, 0.6) is 0 Å². The van der Waals surface area contributed by atoms with Crippen molar-refractivity contribution in [3.63, 3.8) is 0 Å². The van der Waals surface area contributed by atoms with Crippen LogP contribution < -0.4 is 9.80 Å². The third-order valence-corrected chi connectivity index (χ3v) is 4.32. The van der Waals surface area contributed by atoms with E-state index < -0.39 is 0 Å². The van der Waals surface area contributed by atoms with Crippen molar-refractivity contribution in [3.8, 4) is 12.1 Å². The molecule has 2 heterocycles. The second-order valence-corrected chi connectivity index (χ2v) is 6.33. The summed E-state index contributed by atoms with van der Waals surface area (Å²) in [6.07, 6.45) is 0. The zero-order valence-electron chi connectivity index (χ0n) is 11.0. The number of nitrogens with one attached hydrogen (secondary N) is 2. The van der Waals surface area contributed by atoms with E-state index in [2.05, 4.69) is 12.1 Å². The number of Topliss-reactive ketones (excluding diaryl/α,β-unsaturated/α-hetero) is 1. The lowest BCUT2D eigenvalue weighted by molar-refractivity contribution is -0.956. The van der Waals surface area contributed by atoms with Gasteiger partial charge in [-0.2, -0.15) is 10.5 Å². The van der Waals surface area contributed by atoms with Crippen molar-refractivity contribution >= 4 is 5.78 Å². The van der Waals surface area contributed by atoms with E-state index in [-0.39, 0.29) is 10.8 Å². The molecular weight excluding hydrogens is 228 g/mol. The summed E-state index contributed by atoms with van der Waals surface area (Å²) in [4.78, 5) is 15.0. The smallest absolute Gasteiger partial charge is 0.167 e. The van der Waals surface area contributed by atoms with Crippen LogP contribution >= 0.6 is 0 Å². The lowest BCUT2D eigenvalue weighted by Crippen LogP contribution is -3.25. The van der Waals surface area contributed by atoms with Crippen LogP contribution in [0.2, 0.25) is 0 Å². The molecule has 5 nitrogen and oxygen atoms in total. The van der Waals surface area contributed by atoms with E-state index in [0.29, 0.717) is 18.9 Å². The van der Waals surface area contributed by atoms with E-state index in [9.17, 15) is 4.79 Å². The van der Waals surface area contributed by atoms with Crippen molar-refractivity contribution in [1.82, 2.24) is 0 Å². The SMILES string of the molecule is CC12C[NH+](CC#N)CC(C)(C[NH+](CC#N)C1)C2=O. The maximum absolute atomic E-state index is 12.6. The molecule has 5 heteroatoms. The molecule has 2 saturated heterocycles. The first-order chi connectivity index (χ1) is 8.43. The predicted octanol–water partition coefficient (Wildman–Crippen LogP) is -2.59. The molecule has 2 fully saturated rings. The number of quaternary nitrogens is 2. The third-order valence-electron chi connectivity index (χ3n) is 4.32. The highest BCUT2D eigenvalue weighted by Crippen LogP contribution is 2.32. The normalized spacial score (nSPS) is 43.0. The van der Waals surface area contributed by atoms with Gasteiger partial charge in [-0.05, 0) is 13.8 Å². The molecule has 0 aromatic carbocycles. The van der Waals surface area contributed by atoms with Crippen LogP contribution in [0.1, 0.15) is 13.8 Å². The Morgan fingerprint density at radius 2 is 1.33 bits per heavy atom. The molecule has 0 radical (unpaired) electrons. The van der Waals surface area contributed by atoms with E-state index in [4.69, 9.17) is 10.5 Å². The van der Waals surface area contributed by atoms with E-state index in [1.54, 1.807) is 0 Å². The molecular formula is C13H20N4O+2. The van der Waals surface area contributed by atoms with E-state index in [1.807, 2.05) is 13.8 Å². The molecule has 2 aliphatic heterocycles. The quantitative estimate of drug-likeness (QED) is 0.527. The molecule has 0 aromatic rings. The summed E-state index contributed by atoms with van der Waals surface area (Å²) in [5.74, 6) is 0.332. The number of likely N-dealkylation sites (tertiary alicyclic amines) is 2. The van der Waals surface area contributed by atoms with Crippen LogP contribution in [0.15, 0.2) is 0 Å². The second-order valence-electron chi connectivity index (χ2n) is 6.33. The Morgan fingerprint density at radius 3 is 1.61 bits per heavy atom. The third kappa shape index (κ3) is 2.01. The zero-order valence-corrected chi connectivity index (χ0v) is 11.0. The van der Waals surface area contributed by atoms with Crippen LogP contribution in [-0.4, -0.2) is 45.1 Å². The van der Waals surface area contributed by atoms with Gasteiger partial charge in [-0.25, -0.2) is 0 Å². The van der Waals surface area contributed by atoms with Crippen LogP contribution in [0, 0.1) is 33.5 Å². The minimum atomic E-state index is -0.371. The maximum Gasteiger partial charge on any atom is 0.167 e. The number of nitrogens with zero attached hydrogens (tertiary/aromatic N) is 2. The molecule has 18 heavy (non-hydrogen) atoms. The van der Waals surface area contributed by atoms with E-state index in [0.717, 1.165) is 26.2 Å². The van der Waals surface area contributed by atoms with Gasteiger partial charge in [0.1, 0.15) is 23.0 Å². The number of hydrogen-bond donors (Lipinski definition) is 2. The summed E-state index contributed by atoms with van der Waals surface area (Å²) in [6.45, 7) is 7.83. The summed E-state index contributed by atoms with van der Waals surface area (Å²) >= 11 is 0. The number of rotatable bonds is 2. The van der Waals surface area contributed by atoms with Gasteiger partial charge >= 0.3 is 0 Å². The van der Waals surface area contributed by atoms with E-state index >= 15 is 0 Å². The molecule has 2 bridgehead atoms. The molecule has 2 rings (SSSR count). The number of carbonyl (C=O) groups excluding carboxylic acids is 1. The Bertz CT molecular complexity index is 393. The number of ketones is 1. The summed E-state index contributed by atoms with van der Waals surface area (Å²) in [5.41, 5.74) is -0.743. The molecule has 96 valence electrons. The van der Waals surface area contributed by atoms with Crippen LogP contribution in [0.4, 0.5) is 0 Å². The number of hydrogen-bond acceptors (Lipinski definition) is 3. The monoisotopic (exact) mass is 248 g/mol. The summed E-state index contributed by atoms with van der Waals surface area (Å²) in [6, 6.07) is 4.41. The summed E-state index contributed by atoms with van der Waals surface area (Å²) in [7, 11) is 0. The van der Waals surface area contributed by atoms with Gasteiger partial charge in [0, 0.05) is 0 Å². The zero-order chi connectivity index (χ0) is 13.4. The molecule has 2 aliphatic rings. The van der Waals surface area contributed by atoms with Crippen molar-refractivity contribution in [2.75, 3.05) is 39.3 Å². The Kier molecular flexibility index (Phi) is 3.14. The van der Waals surface area contributed by atoms with Gasteiger partial charge in [0.25, 0.3) is 0 Å². The summed E-state index contributed by atoms with van der Waals surface area (Å²) < 4.78 is 0. The molecule has 0 aliphatic carbocycles. The molecule has 0 aromatic heterocycles. The Balaban J connectivity index is 2.26. The molecule has 2 N–H and O–H groups in total. The highest BCUT2D eigenvalue weighted by Gasteiger charge is 2.60. The fourth-order valence-electron chi connectivity index (χ4n) is 3.98. The lowest BCUT2D eigenvalue weighted by Gasteiger charge is -2.49. The van der Waals surface area contributed by atoms with Crippen molar-refractivity contribution < 1.29 is 14.6 Å². The van der Waals surface area contributed by atoms with Gasteiger partial charge < -0.3 is 9.80 Å². The predicted molar refractivity (Wildman–Crippen MR) is 63.6 cm³/mol.